The van der Waals surface area contributed by atoms with Crippen molar-refractivity contribution in [1.82, 2.24) is 18.5 Å². The molecule has 0 atom stereocenters. The third-order valence-electron chi connectivity index (χ3n) is 4.57. The van der Waals surface area contributed by atoms with Gasteiger partial charge in [-0.25, -0.2) is 18.1 Å². The highest BCUT2D eigenvalue weighted by atomic mass is 32.2. The summed E-state index contributed by atoms with van der Waals surface area (Å²) in [6.07, 6.45) is 4.76. The standard InChI is InChI=1S/C17H19N5O3S2/c1-12-19-16(11-25-12)13-2-4-15(5-3-13)27(23,24)21-14-6-8-22(9-7-14)17-10-18-26-20-17/h2-5,10-11,14,21H,6-9H2,1H3. The van der Waals surface area contributed by atoms with Gasteiger partial charge in [0.25, 0.3) is 0 Å². The van der Waals surface area contributed by atoms with Gasteiger partial charge < -0.3 is 9.32 Å². The zero-order chi connectivity index (χ0) is 18.9. The molecule has 0 unspecified atom stereocenters. The average molecular weight is 406 g/mol. The van der Waals surface area contributed by atoms with E-state index in [0.29, 0.717) is 11.6 Å². The number of oxazole rings is 1. The molecule has 3 aromatic rings. The van der Waals surface area contributed by atoms with Crippen LogP contribution in [0, 0.1) is 6.92 Å². The maximum absolute atomic E-state index is 12.7. The number of nitrogens with zero attached hydrogens (tertiary/aromatic N) is 4. The maximum atomic E-state index is 12.7. The number of benzene rings is 1. The van der Waals surface area contributed by atoms with Crippen LogP contribution in [0.25, 0.3) is 11.3 Å². The highest BCUT2D eigenvalue weighted by Crippen LogP contribution is 2.22. The highest BCUT2D eigenvalue weighted by molar-refractivity contribution is 7.89. The lowest BCUT2D eigenvalue weighted by Crippen LogP contribution is -2.44. The Morgan fingerprint density at radius 3 is 2.56 bits per heavy atom. The molecule has 10 heteroatoms. The molecule has 0 saturated carbocycles. The summed E-state index contributed by atoms with van der Waals surface area (Å²) in [5, 5.41) is 0. The van der Waals surface area contributed by atoms with Gasteiger partial charge in [-0.05, 0) is 25.0 Å². The lowest BCUT2D eigenvalue weighted by Gasteiger charge is -2.32. The zero-order valence-electron chi connectivity index (χ0n) is 14.7. The van der Waals surface area contributed by atoms with E-state index < -0.39 is 10.0 Å². The molecule has 0 radical (unpaired) electrons. The first-order chi connectivity index (χ1) is 13.0. The van der Waals surface area contributed by atoms with Gasteiger partial charge >= 0.3 is 0 Å². The third-order valence-corrected chi connectivity index (χ3v) is 6.57. The summed E-state index contributed by atoms with van der Waals surface area (Å²) in [5.41, 5.74) is 1.50. The largest absolute Gasteiger partial charge is 0.449 e. The number of sulfonamides is 1. The molecular formula is C17H19N5O3S2. The van der Waals surface area contributed by atoms with Crippen molar-refractivity contribution in [3.05, 3.63) is 42.6 Å². The summed E-state index contributed by atoms with van der Waals surface area (Å²) in [4.78, 5) is 6.63. The van der Waals surface area contributed by atoms with Crippen LogP contribution in [0.4, 0.5) is 5.82 Å². The molecule has 0 spiro atoms. The van der Waals surface area contributed by atoms with E-state index in [1.165, 1.54) is 11.7 Å². The van der Waals surface area contributed by atoms with E-state index in [2.05, 4.69) is 23.4 Å². The molecule has 0 aliphatic carbocycles. The lowest BCUT2D eigenvalue weighted by atomic mass is 10.1. The maximum Gasteiger partial charge on any atom is 0.240 e. The number of piperidine rings is 1. The molecule has 1 aliphatic rings. The molecule has 27 heavy (non-hydrogen) atoms. The minimum Gasteiger partial charge on any atom is -0.449 e. The number of rotatable bonds is 5. The van der Waals surface area contributed by atoms with Crippen molar-refractivity contribution in [3.8, 4) is 11.3 Å². The van der Waals surface area contributed by atoms with Crippen molar-refractivity contribution >= 4 is 27.6 Å². The molecule has 4 rings (SSSR count). The predicted octanol–water partition coefficient (Wildman–Crippen LogP) is 2.45. The Hall–Kier alpha value is -2.30. The molecule has 3 heterocycles. The van der Waals surface area contributed by atoms with Gasteiger partial charge in [0.15, 0.2) is 11.7 Å². The van der Waals surface area contributed by atoms with E-state index in [0.717, 1.165) is 37.3 Å². The Bertz CT molecular complexity index is 992. The Labute approximate surface area is 161 Å². The van der Waals surface area contributed by atoms with Crippen LogP contribution >= 0.6 is 11.7 Å². The van der Waals surface area contributed by atoms with Gasteiger partial charge in [-0.2, -0.15) is 8.75 Å². The minimum atomic E-state index is -3.56. The zero-order valence-corrected chi connectivity index (χ0v) is 16.3. The summed E-state index contributed by atoms with van der Waals surface area (Å²) in [5.74, 6) is 1.43. The van der Waals surface area contributed by atoms with Crippen molar-refractivity contribution in [2.45, 2.75) is 30.7 Å². The van der Waals surface area contributed by atoms with E-state index in [1.807, 2.05) is 0 Å². The van der Waals surface area contributed by atoms with Crippen molar-refractivity contribution in [1.29, 1.82) is 0 Å². The fourth-order valence-electron chi connectivity index (χ4n) is 3.11. The molecule has 1 N–H and O–H groups in total. The quantitative estimate of drug-likeness (QED) is 0.696. The molecule has 1 saturated heterocycles. The van der Waals surface area contributed by atoms with Gasteiger partial charge in [0.05, 0.1) is 22.8 Å². The number of aromatic nitrogens is 3. The van der Waals surface area contributed by atoms with Crippen LogP contribution in [0.3, 0.4) is 0 Å². The normalized spacial score (nSPS) is 16.0. The number of anilines is 1. The monoisotopic (exact) mass is 405 g/mol. The van der Waals surface area contributed by atoms with E-state index in [1.54, 1.807) is 43.6 Å². The van der Waals surface area contributed by atoms with E-state index >= 15 is 0 Å². The van der Waals surface area contributed by atoms with Crippen LogP contribution in [0.5, 0.6) is 0 Å². The van der Waals surface area contributed by atoms with Gasteiger partial charge in [-0.3, -0.25) is 0 Å². The molecule has 0 amide bonds. The second-order valence-electron chi connectivity index (χ2n) is 6.42. The van der Waals surface area contributed by atoms with Crippen molar-refractivity contribution in [2.75, 3.05) is 18.0 Å². The molecule has 142 valence electrons. The van der Waals surface area contributed by atoms with E-state index in [-0.39, 0.29) is 10.9 Å². The van der Waals surface area contributed by atoms with E-state index in [4.69, 9.17) is 4.42 Å². The van der Waals surface area contributed by atoms with Crippen molar-refractivity contribution < 1.29 is 12.8 Å². The minimum absolute atomic E-state index is 0.0873. The molecule has 1 aliphatic heterocycles. The molecule has 1 fully saturated rings. The summed E-state index contributed by atoms with van der Waals surface area (Å²) < 4.78 is 41.6. The summed E-state index contributed by atoms with van der Waals surface area (Å²) in [6.45, 7) is 3.27. The Morgan fingerprint density at radius 2 is 1.96 bits per heavy atom. The van der Waals surface area contributed by atoms with Gasteiger partial charge in [0, 0.05) is 31.6 Å². The molecule has 8 nitrogen and oxygen atoms in total. The Kier molecular flexibility index (Phi) is 4.94. The average Bonchev–Trinajstić information content (AvgIpc) is 3.34. The van der Waals surface area contributed by atoms with Crippen LogP contribution in [-0.2, 0) is 10.0 Å². The number of nitrogens with one attached hydrogen (secondary N) is 1. The first-order valence-electron chi connectivity index (χ1n) is 8.59. The lowest BCUT2D eigenvalue weighted by molar-refractivity contribution is 0.459. The van der Waals surface area contributed by atoms with Crippen LogP contribution in [0.1, 0.15) is 18.7 Å². The van der Waals surface area contributed by atoms with Crippen molar-refractivity contribution in [3.63, 3.8) is 0 Å². The van der Waals surface area contributed by atoms with Gasteiger partial charge in [0.1, 0.15) is 12.0 Å². The fourth-order valence-corrected chi connectivity index (χ4v) is 4.85. The number of hydrogen-bond donors (Lipinski definition) is 1. The van der Waals surface area contributed by atoms with Crippen LogP contribution < -0.4 is 9.62 Å². The smallest absolute Gasteiger partial charge is 0.240 e. The summed E-state index contributed by atoms with van der Waals surface area (Å²) >= 11 is 1.18. The predicted molar refractivity (Wildman–Crippen MR) is 102 cm³/mol. The second-order valence-corrected chi connectivity index (χ2v) is 8.70. The topological polar surface area (TPSA) is 101 Å². The first kappa shape index (κ1) is 18.1. The van der Waals surface area contributed by atoms with Gasteiger partial charge in [0.2, 0.25) is 10.0 Å². The van der Waals surface area contributed by atoms with Crippen LogP contribution in [-0.4, -0.2) is 41.3 Å². The van der Waals surface area contributed by atoms with Crippen molar-refractivity contribution in [2.24, 2.45) is 0 Å². The summed E-state index contributed by atoms with van der Waals surface area (Å²) in [6, 6.07) is 6.58. The fraction of sp³-hybridized carbons (Fsp3) is 0.353. The van der Waals surface area contributed by atoms with Gasteiger partial charge in [-0.1, -0.05) is 12.1 Å². The third kappa shape index (κ3) is 4.02. The molecule has 2 aromatic heterocycles. The Balaban J connectivity index is 1.40. The highest BCUT2D eigenvalue weighted by Gasteiger charge is 2.25. The summed E-state index contributed by atoms with van der Waals surface area (Å²) in [7, 11) is -3.56. The second kappa shape index (κ2) is 7.37. The first-order valence-corrected chi connectivity index (χ1v) is 10.8. The SMILES string of the molecule is Cc1nc(-c2ccc(S(=O)(=O)NC3CCN(c4cnsn4)CC3)cc2)co1. The Morgan fingerprint density at radius 1 is 1.22 bits per heavy atom. The molecule has 0 bridgehead atoms. The van der Waals surface area contributed by atoms with Crippen LogP contribution in [0.15, 0.2) is 46.0 Å². The van der Waals surface area contributed by atoms with Crippen LogP contribution in [0.2, 0.25) is 0 Å². The van der Waals surface area contributed by atoms with E-state index in [9.17, 15) is 8.42 Å². The van der Waals surface area contributed by atoms with Gasteiger partial charge in [-0.15, -0.1) is 0 Å². The number of hydrogen-bond acceptors (Lipinski definition) is 8. The number of aryl methyl sites for hydroxylation is 1. The molecule has 1 aromatic carbocycles. The molecular weight excluding hydrogens is 386 g/mol.